The van der Waals surface area contributed by atoms with Crippen LogP contribution in [0.5, 0.6) is 0 Å². The van der Waals surface area contributed by atoms with Crippen molar-refractivity contribution in [2.45, 2.75) is 91.6 Å². The summed E-state index contributed by atoms with van der Waals surface area (Å²) in [4.78, 5) is 13.4. The predicted octanol–water partition coefficient (Wildman–Crippen LogP) is 7.68. The van der Waals surface area contributed by atoms with E-state index in [1.54, 1.807) is 0 Å². The highest BCUT2D eigenvalue weighted by molar-refractivity contribution is 5.75. The minimum atomic E-state index is -0.908. The summed E-state index contributed by atoms with van der Waals surface area (Å²) in [6.45, 7) is 15.2. The summed E-state index contributed by atoms with van der Waals surface area (Å²) in [5.41, 5.74) is 2.14. The van der Waals surface area contributed by atoms with Crippen molar-refractivity contribution in [1.29, 1.82) is 0 Å². The van der Waals surface area contributed by atoms with Crippen LogP contribution in [0.2, 0.25) is 0 Å². The molecule has 0 aliphatic carbocycles. The largest absolute Gasteiger partial charge is 0.454 e. The normalized spacial score (nSPS) is 21.9. The number of ether oxygens (including phenoxy) is 6. The molecule has 1 aliphatic heterocycles. The standard InChI is InChI=1S/C39H50O7/c1-7-39(5,6)23-24-42-36-35(46-37(40)38(2,3)4)34(44-27-31-21-15-10-16-22-31)33(43-26-30-19-13-9-14-20-30)32(45-36)28-41-25-29-17-11-8-12-18-29/h7-22,32-36H,1,23-28H2,2-6H3. The monoisotopic (exact) mass is 630 g/mol. The van der Waals surface area contributed by atoms with E-state index in [0.717, 1.165) is 16.7 Å². The summed E-state index contributed by atoms with van der Waals surface area (Å²) in [6.07, 6.45) is -1.12. The van der Waals surface area contributed by atoms with Crippen molar-refractivity contribution in [3.63, 3.8) is 0 Å². The fourth-order valence-electron chi connectivity index (χ4n) is 4.90. The molecule has 7 heteroatoms. The van der Waals surface area contributed by atoms with Crippen molar-refractivity contribution in [2.24, 2.45) is 10.8 Å². The maximum absolute atomic E-state index is 13.4. The predicted molar refractivity (Wildman–Crippen MR) is 179 cm³/mol. The number of benzene rings is 3. The van der Waals surface area contributed by atoms with E-state index in [-0.39, 0.29) is 24.6 Å². The van der Waals surface area contributed by atoms with Crippen molar-refractivity contribution >= 4 is 5.97 Å². The molecule has 3 aromatic rings. The van der Waals surface area contributed by atoms with Gasteiger partial charge in [0.15, 0.2) is 12.4 Å². The molecular weight excluding hydrogens is 580 g/mol. The maximum atomic E-state index is 13.4. The van der Waals surface area contributed by atoms with Gasteiger partial charge in [-0.15, -0.1) is 6.58 Å². The van der Waals surface area contributed by atoms with Crippen LogP contribution >= 0.6 is 0 Å². The summed E-state index contributed by atoms with van der Waals surface area (Å²) >= 11 is 0. The van der Waals surface area contributed by atoms with E-state index in [1.165, 1.54) is 0 Å². The topological polar surface area (TPSA) is 72.5 Å². The van der Waals surface area contributed by atoms with Gasteiger partial charge < -0.3 is 28.4 Å². The molecule has 0 amide bonds. The molecular formula is C39H50O7. The number of hydrogen-bond acceptors (Lipinski definition) is 7. The van der Waals surface area contributed by atoms with E-state index in [4.69, 9.17) is 28.4 Å². The Morgan fingerprint density at radius 1 is 0.717 bits per heavy atom. The van der Waals surface area contributed by atoms with Gasteiger partial charge in [0.2, 0.25) is 0 Å². The lowest BCUT2D eigenvalue weighted by Crippen LogP contribution is -2.62. The van der Waals surface area contributed by atoms with Crippen LogP contribution in [-0.2, 0) is 53.0 Å². The average molecular weight is 631 g/mol. The third-order valence-electron chi connectivity index (χ3n) is 7.99. The number of rotatable bonds is 16. The molecule has 248 valence electrons. The second-order valence-electron chi connectivity index (χ2n) is 13.5. The average Bonchev–Trinajstić information content (AvgIpc) is 3.05. The number of carbonyl (C=O) groups excluding carboxylic acids is 1. The van der Waals surface area contributed by atoms with E-state index >= 15 is 0 Å². The van der Waals surface area contributed by atoms with Gasteiger partial charge in [0.1, 0.15) is 18.3 Å². The van der Waals surface area contributed by atoms with Gasteiger partial charge >= 0.3 is 5.97 Å². The third-order valence-corrected chi connectivity index (χ3v) is 7.99. The van der Waals surface area contributed by atoms with E-state index in [1.807, 2.05) is 118 Å². The quantitative estimate of drug-likeness (QED) is 0.119. The lowest BCUT2D eigenvalue weighted by atomic mass is 9.90. The first-order chi connectivity index (χ1) is 22.1. The number of esters is 1. The lowest BCUT2D eigenvalue weighted by Gasteiger charge is -2.46. The SMILES string of the molecule is C=CC(C)(C)CCOC1OC(COCc2ccccc2)C(OCc2ccccc2)C(OCc2ccccc2)C1OC(=O)C(C)(C)C. The summed E-state index contributed by atoms with van der Waals surface area (Å²) in [6, 6.07) is 29.8. The number of carbonyl (C=O) groups is 1. The van der Waals surface area contributed by atoms with Gasteiger partial charge in [-0.05, 0) is 49.3 Å². The molecule has 0 saturated carbocycles. The van der Waals surface area contributed by atoms with Crippen molar-refractivity contribution in [2.75, 3.05) is 13.2 Å². The highest BCUT2D eigenvalue weighted by atomic mass is 16.7. The Hall–Kier alpha value is -3.33. The first-order valence-corrected chi connectivity index (χ1v) is 16.1. The van der Waals surface area contributed by atoms with Crippen LogP contribution in [0.3, 0.4) is 0 Å². The van der Waals surface area contributed by atoms with Crippen LogP contribution in [0.25, 0.3) is 0 Å². The second-order valence-corrected chi connectivity index (χ2v) is 13.5. The van der Waals surface area contributed by atoms with Gasteiger partial charge in [-0.1, -0.05) is 111 Å². The fraction of sp³-hybridized carbons (Fsp3) is 0.462. The molecule has 0 aromatic heterocycles. The van der Waals surface area contributed by atoms with E-state index in [2.05, 4.69) is 20.4 Å². The molecule has 1 fully saturated rings. The highest BCUT2D eigenvalue weighted by Crippen LogP contribution is 2.33. The second kappa shape index (κ2) is 17.0. The van der Waals surface area contributed by atoms with Crippen LogP contribution in [0.15, 0.2) is 104 Å². The molecule has 1 heterocycles. The van der Waals surface area contributed by atoms with Crippen LogP contribution in [0.4, 0.5) is 0 Å². The van der Waals surface area contributed by atoms with Gasteiger partial charge in [0.05, 0.1) is 38.4 Å². The third kappa shape index (κ3) is 10.9. The van der Waals surface area contributed by atoms with Crippen LogP contribution in [-0.4, -0.2) is 49.9 Å². The minimum absolute atomic E-state index is 0.144. The minimum Gasteiger partial charge on any atom is -0.454 e. The Labute approximate surface area is 274 Å². The molecule has 0 spiro atoms. The fourth-order valence-corrected chi connectivity index (χ4v) is 4.90. The molecule has 5 atom stereocenters. The smallest absolute Gasteiger partial charge is 0.311 e. The summed E-state index contributed by atoms with van der Waals surface area (Å²) in [7, 11) is 0. The zero-order chi connectivity index (χ0) is 33.0. The zero-order valence-corrected chi connectivity index (χ0v) is 27.9. The molecule has 7 nitrogen and oxygen atoms in total. The highest BCUT2D eigenvalue weighted by Gasteiger charge is 2.51. The molecule has 1 saturated heterocycles. The van der Waals surface area contributed by atoms with Gasteiger partial charge in [-0.25, -0.2) is 0 Å². The molecule has 4 rings (SSSR count). The summed E-state index contributed by atoms with van der Waals surface area (Å²) < 4.78 is 38.7. The Balaban J connectivity index is 1.66. The lowest BCUT2D eigenvalue weighted by molar-refractivity contribution is -0.322. The van der Waals surface area contributed by atoms with Gasteiger partial charge in [0, 0.05) is 0 Å². The Kier molecular flexibility index (Phi) is 13.1. The van der Waals surface area contributed by atoms with Crippen LogP contribution in [0, 0.1) is 10.8 Å². The molecule has 0 N–H and O–H groups in total. The van der Waals surface area contributed by atoms with Crippen molar-refractivity contribution in [1.82, 2.24) is 0 Å². The number of allylic oxidation sites excluding steroid dienone is 1. The van der Waals surface area contributed by atoms with Gasteiger partial charge in [-0.3, -0.25) is 4.79 Å². The Bertz CT molecular complexity index is 1320. The van der Waals surface area contributed by atoms with Crippen molar-refractivity contribution in [3.05, 3.63) is 120 Å². The van der Waals surface area contributed by atoms with Gasteiger partial charge in [-0.2, -0.15) is 0 Å². The number of hydrogen-bond donors (Lipinski definition) is 0. The molecule has 0 bridgehead atoms. The van der Waals surface area contributed by atoms with E-state index in [0.29, 0.717) is 26.2 Å². The molecule has 46 heavy (non-hydrogen) atoms. The van der Waals surface area contributed by atoms with E-state index in [9.17, 15) is 4.79 Å². The van der Waals surface area contributed by atoms with Crippen molar-refractivity contribution < 1.29 is 33.2 Å². The maximum Gasteiger partial charge on any atom is 0.311 e. The van der Waals surface area contributed by atoms with Crippen LogP contribution in [0.1, 0.15) is 57.7 Å². The Morgan fingerprint density at radius 2 is 1.22 bits per heavy atom. The van der Waals surface area contributed by atoms with Crippen molar-refractivity contribution in [3.8, 4) is 0 Å². The molecule has 5 unspecified atom stereocenters. The van der Waals surface area contributed by atoms with Crippen LogP contribution < -0.4 is 0 Å². The molecule has 3 aromatic carbocycles. The molecule has 1 aliphatic rings. The first-order valence-electron chi connectivity index (χ1n) is 16.1. The molecule has 0 radical (unpaired) electrons. The summed E-state index contributed by atoms with van der Waals surface area (Å²) in [5, 5.41) is 0. The first kappa shape index (κ1) is 35.5. The Morgan fingerprint density at radius 3 is 1.72 bits per heavy atom. The van der Waals surface area contributed by atoms with Gasteiger partial charge in [0.25, 0.3) is 0 Å². The summed E-state index contributed by atoms with van der Waals surface area (Å²) in [5.74, 6) is -0.380. The van der Waals surface area contributed by atoms with E-state index < -0.39 is 36.1 Å². The zero-order valence-electron chi connectivity index (χ0n) is 27.9.